The van der Waals surface area contributed by atoms with Crippen LogP contribution in [0.4, 0.5) is 0 Å². The highest BCUT2D eigenvalue weighted by Gasteiger charge is 2.69. The molecule has 1 spiro atoms. The minimum Gasteiger partial charge on any atom is -0.497 e. The van der Waals surface area contributed by atoms with Crippen molar-refractivity contribution in [2.75, 3.05) is 14.2 Å². The molecule has 0 saturated carbocycles. The second-order valence-corrected chi connectivity index (χ2v) is 53.6. The van der Waals surface area contributed by atoms with Crippen molar-refractivity contribution in [3.05, 3.63) is 66.3 Å². The van der Waals surface area contributed by atoms with Crippen LogP contribution in [-0.2, 0) is 101 Å². The number of fused-ring (bicyclic) bond motifs is 7. The summed E-state index contributed by atoms with van der Waals surface area (Å²) in [6.45, 7) is 50.9. The Labute approximate surface area is 660 Å². The summed E-state index contributed by atoms with van der Waals surface area (Å²) < 4.78 is 117. The Balaban J connectivity index is 0.785. The number of hydrogen-bond acceptors (Lipinski definition) is 21. The Kier molecular flexibility index (Phi) is 26.5. The minimum absolute atomic E-state index is 0.00137. The number of Topliss-reactive ketones (excluding diaryl/α,β-unsaturated/α-hetero) is 1. The van der Waals surface area contributed by atoms with E-state index < -0.39 is 140 Å². The van der Waals surface area contributed by atoms with Crippen LogP contribution in [0.2, 0.25) is 54.4 Å². The molecule has 12 fully saturated rings. The van der Waals surface area contributed by atoms with E-state index in [0.29, 0.717) is 50.7 Å². The van der Waals surface area contributed by atoms with Crippen LogP contribution in [-0.4, -0.2) is 209 Å². The summed E-state index contributed by atoms with van der Waals surface area (Å²) in [5.74, 6) is -2.12. The fourth-order valence-corrected chi connectivity index (χ4v) is 22.4. The summed E-state index contributed by atoms with van der Waals surface area (Å²) in [6.07, 6.45) is 1.70. The van der Waals surface area contributed by atoms with Crippen LogP contribution in [0.25, 0.3) is 0 Å². The normalized spacial score (nSPS) is 38.8. The van der Waals surface area contributed by atoms with Crippen molar-refractivity contribution in [2.24, 2.45) is 23.7 Å². The van der Waals surface area contributed by atoms with Crippen LogP contribution in [0, 0.1) is 23.7 Å². The van der Waals surface area contributed by atoms with Gasteiger partial charge in [-0.15, -0.1) is 0 Å². The van der Waals surface area contributed by atoms with Crippen molar-refractivity contribution in [2.45, 2.75) is 406 Å². The molecule has 0 N–H and O–H groups in total. The maximum absolute atomic E-state index is 15.1. The summed E-state index contributed by atoms with van der Waals surface area (Å²) >= 11 is 0. The molecule has 1 aromatic rings. The van der Waals surface area contributed by atoms with Gasteiger partial charge in [-0.1, -0.05) is 121 Å². The van der Waals surface area contributed by atoms with E-state index in [1.54, 1.807) is 19.3 Å². The number of benzene rings is 1. The molecule has 24 heteroatoms. The molecule has 0 unspecified atom stereocenters. The fourth-order valence-electron chi connectivity index (χ4n) is 18.4. The first-order valence-corrected chi connectivity index (χ1v) is 50.5. The van der Waals surface area contributed by atoms with Gasteiger partial charge in [0.05, 0.1) is 137 Å². The number of rotatable bonds is 22. The lowest BCUT2D eigenvalue weighted by Crippen LogP contribution is -2.63. The third-order valence-electron chi connectivity index (χ3n) is 28.0. The van der Waals surface area contributed by atoms with Crippen molar-refractivity contribution in [1.29, 1.82) is 0 Å². The largest absolute Gasteiger partial charge is 0.497 e. The number of carbonyl (C=O) groups is 4. The van der Waals surface area contributed by atoms with Crippen LogP contribution >= 0.6 is 0 Å². The van der Waals surface area contributed by atoms with E-state index in [0.717, 1.165) is 48.8 Å². The molecule has 0 aliphatic carbocycles. The van der Waals surface area contributed by atoms with Gasteiger partial charge in [0.25, 0.3) is 0 Å². The van der Waals surface area contributed by atoms with Gasteiger partial charge in [0.1, 0.15) is 48.2 Å². The minimum atomic E-state index is -2.55. The van der Waals surface area contributed by atoms with Gasteiger partial charge in [-0.3, -0.25) is 19.2 Å². The number of allylic oxidation sites excluding steroid dienone is 1. The molecule has 13 rings (SSSR count). The molecular formula is C86H136O21Si3. The average molecular weight is 1590 g/mol. The molecule has 12 saturated heterocycles. The van der Waals surface area contributed by atoms with Gasteiger partial charge in [0, 0.05) is 57.3 Å². The Hall–Kier alpha value is -3.39. The summed E-state index contributed by atoms with van der Waals surface area (Å²) in [7, 11) is -4.34. The molecule has 110 heavy (non-hydrogen) atoms. The van der Waals surface area contributed by atoms with E-state index >= 15 is 4.79 Å². The lowest BCUT2D eigenvalue weighted by Gasteiger charge is -2.53. The van der Waals surface area contributed by atoms with Gasteiger partial charge in [-0.25, -0.2) is 0 Å². The highest BCUT2D eigenvalue weighted by molar-refractivity contribution is 6.75. The molecule has 1 aromatic carbocycles. The van der Waals surface area contributed by atoms with E-state index in [1.165, 1.54) is 7.11 Å². The first kappa shape index (κ1) is 86.0. The van der Waals surface area contributed by atoms with Crippen LogP contribution in [0.5, 0.6) is 5.75 Å². The van der Waals surface area contributed by atoms with Crippen molar-refractivity contribution in [3.63, 3.8) is 0 Å². The SMILES string of the molecule is C=C1C[C@@H]2CC[C@@]34C[C@H]5O[C@H]6[C@@H](O3)[C@H]3O[C@H](CC[C@@H]3O[C@H]6[C@H]5O4)CC(=O)O[C@@H]3[C@@H](C)[C@@H]4O[C@H](CC(=O)/C=C/[C@@H](OCc5ccc(OC)cc5)[C@@H](C)CC(=O)C[C@H](C)[C@@H]5O[C@H](CC(=O)OC)[C@H](O[Si](C)(C)C(C)(C)C)C[C@@H]5O[Si](C)(C)C(C)(C)C)[C@H](O[Si](C)(C)C(C)(C)C)C[C@@H]4O[C@H]3C[C@H]3O[C@@H](CC[C@@H]1O2)C[C@@H](C)C3=C. The van der Waals surface area contributed by atoms with E-state index in [9.17, 15) is 14.4 Å². The standard InChI is InChI=1S/C86H136O21Si3/c1-48-38-58-29-32-62-50(3)39-60(94-62)34-35-86-46-72-79(103-86)80-81(101-72)82(104-86)78-63(98-80)33-30-59(96-78)41-74(90)102-77-53(6)76-70(97-69(77)42-64(95-58)52(48)5)43-67(105-108(18,19)83(7,8)9)65(100-76)40-55(87)26-31-61(93-47-54-24-27-57(91-16)28-25-54)49(2)36-56(88)37-51(4)75-71(107-110(22,23)85(13,14)15)44-68(66(99-75)45-73(89)92-17)106-109(20,21)84(10,11)12/h24-28,31,48-49,51,53,58-72,75-82H,3,5,29-30,32-47H2,1-2,4,6-23H3/b31-26+/t48-,49+,51+,53+,58+,59-,60+,61-,62+,63+,64-,65-,66-,67-,68-,69+,70+,71+,72-,75+,76+,77-,78+,79+,80+,81-,82+,86+/m1/s1. The molecule has 0 amide bonds. The quantitative estimate of drug-likeness (QED) is 0.0455. The number of methoxy groups -OCH3 is 2. The number of carbonyl (C=O) groups excluding carboxylic acids is 4. The second-order valence-electron chi connectivity index (χ2n) is 39.3. The first-order chi connectivity index (χ1) is 51.5. The number of ketones is 2. The van der Waals surface area contributed by atoms with Gasteiger partial charge in [0.2, 0.25) is 0 Å². The van der Waals surface area contributed by atoms with Crippen LogP contribution in [0.1, 0.15) is 205 Å². The Morgan fingerprint density at radius 2 is 1.19 bits per heavy atom. The third kappa shape index (κ3) is 19.2. The van der Waals surface area contributed by atoms with Crippen molar-refractivity contribution < 1.29 is 98.8 Å². The van der Waals surface area contributed by atoms with Gasteiger partial charge in [-0.2, -0.15) is 0 Å². The average Bonchev–Trinajstić information content (AvgIpc) is 1.54. The smallest absolute Gasteiger partial charge is 0.308 e. The molecule has 12 heterocycles. The third-order valence-corrected chi connectivity index (χ3v) is 41.5. The topological polar surface area (TPSA) is 225 Å². The molecule has 618 valence electrons. The van der Waals surface area contributed by atoms with E-state index in [2.05, 4.69) is 129 Å². The first-order valence-electron chi connectivity index (χ1n) is 41.7. The molecule has 0 radical (unpaired) electrons. The van der Waals surface area contributed by atoms with Crippen LogP contribution < -0.4 is 4.74 Å². The Bertz CT molecular complexity index is 3430. The second kappa shape index (κ2) is 33.9. The van der Waals surface area contributed by atoms with Gasteiger partial charge in [-0.05, 0) is 152 Å². The van der Waals surface area contributed by atoms with Gasteiger partial charge in [0.15, 0.2) is 36.5 Å². The van der Waals surface area contributed by atoms with Crippen molar-refractivity contribution >= 4 is 48.5 Å². The van der Waals surface area contributed by atoms with Crippen LogP contribution in [0.15, 0.2) is 60.7 Å². The zero-order valence-electron chi connectivity index (χ0n) is 70.3. The predicted octanol–water partition coefficient (Wildman–Crippen LogP) is 15.5. The molecule has 0 aromatic heterocycles. The van der Waals surface area contributed by atoms with Gasteiger partial charge >= 0.3 is 11.9 Å². The van der Waals surface area contributed by atoms with Crippen molar-refractivity contribution in [3.8, 4) is 5.75 Å². The van der Waals surface area contributed by atoms with Gasteiger partial charge < -0.3 is 79.6 Å². The Morgan fingerprint density at radius 3 is 1.85 bits per heavy atom. The molecule has 12 aliphatic heterocycles. The zero-order valence-corrected chi connectivity index (χ0v) is 73.3. The molecule has 12 aliphatic rings. The van der Waals surface area contributed by atoms with Crippen LogP contribution in [0.3, 0.4) is 0 Å². The lowest BCUT2D eigenvalue weighted by molar-refractivity contribution is -0.293. The highest BCUT2D eigenvalue weighted by atomic mass is 28.4. The lowest BCUT2D eigenvalue weighted by atomic mass is 9.79. The molecule has 12 bridgehead atoms. The fraction of sp³-hybridized carbons (Fsp3) is 0.814. The summed E-state index contributed by atoms with van der Waals surface area (Å²) in [5, 5.41) is -0.423. The highest BCUT2D eigenvalue weighted by Crippen LogP contribution is 2.56. The van der Waals surface area contributed by atoms with E-state index in [4.69, 9.17) is 79.6 Å². The van der Waals surface area contributed by atoms with Crippen molar-refractivity contribution in [1.82, 2.24) is 0 Å². The zero-order chi connectivity index (χ0) is 79.7. The molecular weight excluding hydrogens is 1450 g/mol. The van der Waals surface area contributed by atoms with E-state index in [-0.39, 0.29) is 132 Å². The summed E-state index contributed by atoms with van der Waals surface area (Å²) in [5.41, 5.74) is 2.98. The number of hydrogen-bond donors (Lipinski definition) is 0. The maximum Gasteiger partial charge on any atom is 0.308 e. The number of esters is 2. The summed E-state index contributed by atoms with van der Waals surface area (Å²) in [4.78, 5) is 58.1. The maximum atomic E-state index is 15.1. The molecule has 28 atom stereocenters. The predicted molar refractivity (Wildman–Crippen MR) is 424 cm³/mol. The Morgan fingerprint density at radius 1 is 0.591 bits per heavy atom. The van der Waals surface area contributed by atoms with E-state index in [1.807, 2.05) is 38.1 Å². The monoisotopic (exact) mass is 1590 g/mol. The summed E-state index contributed by atoms with van der Waals surface area (Å²) in [6, 6.07) is 7.65. The number of ether oxygens (including phenoxy) is 14. The molecule has 21 nitrogen and oxygen atoms in total.